The second kappa shape index (κ2) is 8.53. The van der Waals surface area contributed by atoms with Crippen LogP contribution in [0.4, 0.5) is 0 Å². The molecule has 0 spiro atoms. The summed E-state index contributed by atoms with van der Waals surface area (Å²) < 4.78 is 29.4. The molecule has 1 aromatic rings. The molecule has 154 valence electrons. The van der Waals surface area contributed by atoms with Gasteiger partial charge in [0.1, 0.15) is 0 Å². The zero-order chi connectivity index (χ0) is 19.5. The number of hydrogen-bond donors (Lipinski definition) is 0. The molecule has 8 nitrogen and oxygen atoms in total. The van der Waals surface area contributed by atoms with Gasteiger partial charge in [0.2, 0.25) is 10.0 Å². The van der Waals surface area contributed by atoms with Crippen molar-refractivity contribution in [2.45, 2.75) is 77.3 Å². The van der Waals surface area contributed by atoms with E-state index in [-0.39, 0.29) is 5.75 Å². The van der Waals surface area contributed by atoms with Gasteiger partial charge in [0.05, 0.1) is 17.3 Å². The molecular formula is C18H34N6O2S. The molecule has 2 fully saturated rings. The van der Waals surface area contributed by atoms with Crippen LogP contribution in [0, 0.1) is 0 Å². The Morgan fingerprint density at radius 3 is 2.52 bits per heavy atom. The van der Waals surface area contributed by atoms with Gasteiger partial charge >= 0.3 is 0 Å². The molecule has 1 atom stereocenters. The molecule has 0 radical (unpaired) electrons. The van der Waals surface area contributed by atoms with Crippen LogP contribution in [0.25, 0.3) is 0 Å². The van der Waals surface area contributed by atoms with Crippen LogP contribution in [0.2, 0.25) is 0 Å². The van der Waals surface area contributed by atoms with E-state index in [1.165, 1.54) is 12.8 Å². The van der Waals surface area contributed by atoms with Gasteiger partial charge in [0, 0.05) is 13.1 Å². The predicted octanol–water partition coefficient (Wildman–Crippen LogP) is 2.16. The van der Waals surface area contributed by atoms with Crippen LogP contribution >= 0.6 is 0 Å². The van der Waals surface area contributed by atoms with Crippen molar-refractivity contribution in [3.63, 3.8) is 0 Å². The smallest absolute Gasteiger partial charge is 0.214 e. The SMILES string of the molecule is CCCCS(=O)(=O)N1CCC(c2nnnn2C2CCCC2)(N(CC)CC)C1. The highest BCUT2D eigenvalue weighted by Crippen LogP contribution is 2.40. The molecule has 0 bridgehead atoms. The Labute approximate surface area is 163 Å². The van der Waals surface area contributed by atoms with Gasteiger partial charge in [0.15, 0.2) is 5.82 Å². The van der Waals surface area contributed by atoms with Crippen LogP contribution < -0.4 is 0 Å². The van der Waals surface area contributed by atoms with Gasteiger partial charge in [-0.1, -0.05) is 40.0 Å². The topological polar surface area (TPSA) is 84.2 Å². The first-order valence-corrected chi connectivity index (χ1v) is 12.1. The Kier molecular flexibility index (Phi) is 6.53. The van der Waals surface area contributed by atoms with Crippen molar-refractivity contribution in [1.29, 1.82) is 0 Å². The van der Waals surface area contributed by atoms with Crippen molar-refractivity contribution < 1.29 is 8.42 Å². The van der Waals surface area contributed by atoms with Gasteiger partial charge < -0.3 is 0 Å². The molecule has 1 unspecified atom stereocenters. The van der Waals surface area contributed by atoms with E-state index in [1.54, 1.807) is 4.31 Å². The van der Waals surface area contributed by atoms with Crippen molar-refractivity contribution in [2.24, 2.45) is 0 Å². The lowest BCUT2D eigenvalue weighted by Gasteiger charge is -2.39. The van der Waals surface area contributed by atoms with Crippen molar-refractivity contribution >= 4 is 10.0 Å². The number of unbranched alkanes of at least 4 members (excludes halogenated alkanes) is 1. The first-order chi connectivity index (χ1) is 13.0. The van der Waals surface area contributed by atoms with E-state index in [9.17, 15) is 8.42 Å². The summed E-state index contributed by atoms with van der Waals surface area (Å²) >= 11 is 0. The molecule has 1 saturated heterocycles. The third-order valence-electron chi connectivity index (χ3n) is 6.31. The summed E-state index contributed by atoms with van der Waals surface area (Å²) in [4.78, 5) is 2.35. The van der Waals surface area contributed by atoms with Crippen LogP contribution in [0.3, 0.4) is 0 Å². The maximum Gasteiger partial charge on any atom is 0.214 e. The van der Waals surface area contributed by atoms with E-state index in [0.29, 0.717) is 25.6 Å². The van der Waals surface area contributed by atoms with Crippen molar-refractivity contribution in [3.8, 4) is 0 Å². The molecule has 2 heterocycles. The molecule has 27 heavy (non-hydrogen) atoms. The standard InChI is InChI=1S/C18H34N6O2S/c1-4-7-14-27(25,26)23-13-12-18(15-23,22(5-2)6-3)17-19-20-21-24(17)16-10-8-9-11-16/h16H,4-15H2,1-3H3. The molecule has 1 saturated carbocycles. The van der Waals surface area contributed by atoms with Crippen LogP contribution in [-0.2, 0) is 15.6 Å². The van der Waals surface area contributed by atoms with Crippen molar-refractivity contribution in [2.75, 3.05) is 31.9 Å². The van der Waals surface area contributed by atoms with Gasteiger partial charge in [-0.15, -0.1) is 5.10 Å². The predicted molar refractivity (Wildman–Crippen MR) is 105 cm³/mol. The van der Waals surface area contributed by atoms with Crippen molar-refractivity contribution in [3.05, 3.63) is 5.82 Å². The molecule has 0 N–H and O–H groups in total. The maximum atomic E-state index is 12.8. The fraction of sp³-hybridized carbons (Fsp3) is 0.944. The third-order valence-corrected chi connectivity index (χ3v) is 8.21. The summed E-state index contributed by atoms with van der Waals surface area (Å²) in [7, 11) is -3.24. The Morgan fingerprint density at radius 2 is 1.89 bits per heavy atom. The highest BCUT2D eigenvalue weighted by molar-refractivity contribution is 7.89. The lowest BCUT2D eigenvalue weighted by molar-refractivity contribution is 0.0939. The fourth-order valence-corrected chi connectivity index (χ4v) is 6.45. The summed E-state index contributed by atoms with van der Waals surface area (Å²) in [6.07, 6.45) is 6.95. The second-order valence-electron chi connectivity index (χ2n) is 7.84. The molecule has 1 aliphatic heterocycles. The van der Waals surface area contributed by atoms with Gasteiger partial charge in [-0.25, -0.2) is 13.1 Å². The van der Waals surface area contributed by atoms with Gasteiger partial charge in [-0.05, 0) is 49.2 Å². The Balaban J connectivity index is 1.95. The minimum Gasteiger partial charge on any atom is -0.290 e. The number of likely N-dealkylation sites (N-methyl/N-ethyl adjacent to an activating group) is 1. The van der Waals surface area contributed by atoms with Crippen LogP contribution in [0.5, 0.6) is 0 Å². The van der Waals surface area contributed by atoms with Crippen LogP contribution in [0.15, 0.2) is 0 Å². The highest BCUT2D eigenvalue weighted by atomic mass is 32.2. The molecular weight excluding hydrogens is 364 g/mol. The molecule has 2 aliphatic rings. The summed E-state index contributed by atoms with van der Waals surface area (Å²) in [6, 6.07) is 0.341. The summed E-state index contributed by atoms with van der Waals surface area (Å²) in [5.74, 6) is 1.08. The number of tetrazole rings is 1. The molecule has 9 heteroatoms. The Bertz CT molecular complexity index is 711. The normalized spacial score (nSPS) is 25.0. The average molecular weight is 399 g/mol. The van der Waals surface area contributed by atoms with E-state index < -0.39 is 15.6 Å². The third kappa shape index (κ3) is 3.91. The molecule has 1 aromatic heterocycles. The van der Waals surface area contributed by atoms with E-state index in [0.717, 1.165) is 44.6 Å². The number of hydrogen-bond acceptors (Lipinski definition) is 6. The lowest BCUT2D eigenvalue weighted by atomic mass is 9.94. The van der Waals surface area contributed by atoms with E-state index >= 15 is 0 Å². The minimum absolute atomic E-state index is 0.228. The van der Waals surface area contributed by atoms with Gasteiger partial charge in [-0.3, -0.25) is 4.90 Å². The largest absolute Gasteiger partial charge is 0.290 e. The fourth-order valence-electron chi connectivity index (χ4n) is 4.76. The summed E-state index contributed by atoms with van der Waals surface area (Å²) in [6.45, 7) is 8.96. The number of nitrogens with zero attached hydrogens (tertiary/aromatic N) is 6. The minimum atomic E-state index is -3.24. The Hall–Kier alpha value is -1.06. The van der Waals surface area contributed by atoms with Gasteiger partial charge in [-0.2, -0.15) is 4.31 Å². The Morgan fingerprint density at radius 1 is 1.19 bits per heavy atom. The molecule has 0 amide bonds. The number of sulfonamides is 1. The molecule has 3 rings (SSSR count). The highest BCUT2D eigenvalue weighted by Gasteiger charge is 2.50. The quantitative estimate of drug-likeness (QED) is 0.634. The lowest BCUT2D eigenvalue weighted by Crippen LogP contribution is -2.50. The van der Waals surface area contributed by atoms with E-state index in [2.05, 4.69) is 34.3 Å². The number of aromatic nitrogens is 4. The molecule has 1 aliphatic carbocycles. The first kappa shape index (κ1) is 20.7. The van der Waals surface area contributed by atoms with Crippen LogP contribution in [0.1, 0.15) is 77.6 Å². The molecule has 0 aromatic carbocycles. The van der Waals surface area contributed by atoms with Gasteiger partial charge in [0.25, 0.3) is 0 Å². The zero-order valence-corrected chi connectivity index (χ0v) is 17.8. The average Bonchev–Trinajstić information content (AvgIpc) is 3.40. The van der Waals surface area contributed by atoms with E-state index in [1.807, 2.05) is 11.6 Å². The second-order valence-corrected chi connectivity index (χ2v) is 9.93. The maximum absolute atomic E-state index is 12.8. The zero-order valence-electron chi connectivity index (χ0n) is 17.0. The van der Waals surface area contributed by atoms with Crippen LogP contribution in [-0.4, -0.2) is 69.8 Å². The van der Waals surface area contributed by atoms with E-state index in [4.69, 9.17) is 0 Å². The first-order valence-electron chi connectivity index (χ1n) is 10.5. The van der Waals surface area contributed by atoms with Crippen molar-refractivity contribution in [1.82, 2.24) is 29.4 Å². The number of rotatable bonds is 9. The monoisotopic (exact) mass is 398 g/mol. The summed E-state index contributed by atoms with van der Waals surface area (Å²) in [5.41, 5.74) is -0.436. The summed E-state index contributed by atoms with van der Waals surface area (Å²) in [5, 5.41) is 12.8.